The molecule has 2 aromatic rings. The Hall–Kier alpha value is -1.36. The highest BCUT2D eigenvalue weighted by atomic mass is 127. The van der Waals surface area contributed by atoms with Gasteiger partial charge in [-0.15, -0.1) is 0 Å². The van der Waals surface area contributed by atoms with E-state index in [1.54, 1.807) is 12.1 Å². The molecule has 3 heteroatoms. The normalized spacial score (nSPS) is 10.3. The number of carboxylic acids is 1. The third kappa shape index (κ3) is 2.90. The number of rotatable bonds is 3. The van der Waals surface area contributed by atoms with Crippen LogP contribution in [0.1, 0.15) is 21.5 Å². The van der Waals surface area contributed by atoms with Crippen LogP contribution in [0, 0.1) is 21.0 Å². The maximum absolute atomic E-state index is 11.2. The summed E-state index contributed by atoms with van der Waals surface area (Å²) in [5, 5.41) is 9.17. The lowest BCUT2D eigenvalue weighted by atomic mass is 10.2. The lowest BCUT2D eigenvalue weighted by Crippen LogP contribution is -3.62. The molecule has 2 nitrogen and oxygen atoms in total. The van der Waals surface area contributed by atoms with Gasteiger partial charge in [0.15, 0.2) is 3.57 Å². The Bertz CT molecular complexity index is 591. The molecule has 0 aromatic heterocycles. The molecule has 1 N–H and O–H groups in total. The zero-order valence-electron chi connectivity index (χ0n) is 10.3. The van der Waals surface area contributed by atoms with E-state index in [1.807, 2.05) is 12.1 Å². The predicted octanol–water partition coefficient (Wildman–Crippen LogP) is 0.130. The molecule has 0 aliphatic rings. The van der Waals surface area contributed by atoms with Crippen molar-refractivity contribution in [1.82, 2.24) is 0 Å². The van der Waals surface area contributed by atoms with Crippen molar-refractivity contribution < 1.29 is 31.1 Å². The summed E-state index contributed by atoms with van der Waals surface area (Å²) in [6, 6.07) is 13.7. The number of hydrogen-bond acceptors (Lipinski definition) is 1. The first kappa shape index (κ1) is 13.1. The molecule has 0 spiro atoms. The van der Waals surface area contributed by atoms with E-state index < -0.39 is 27.2 Å². The zero-order chi connectivity index (χ0) is 13.1. The van der Waals surface area contributed by atoms with Crippen molar-refractivity contribution in [3.63, 3.8) is 0 Å². The van der Waals surface area contributed by atoms with E-state index in [0.29, 0.717) is 5.56 Å². The van der Waals surface area contributed by atoms with Crippen molar-refractivity contribution in [3.05, 3.63) is 66.3 Å². The molecule has 0 unspecified atom stereocenters. The van der Waals surface area contributed by atoms with E-state index >= 15 is 0 Å². The summed E-state index contributed by atoms with van der Waals surface area (Å²) < 4.78 is 2.25. The second-order valence-corrected chi connectivity index (χ2v) is 7.00. The summed E-state index contributed by atoms with van der Waals surface area (Å²) in [4.78, 5) is 11.2. The topological polar surface area (TPSA) is 37.3 Å². The number of aryl methyl sites for hydroxylation is 2. The molecule has 0 fully saturated rings. The summed E-state index contributed by atoms with van der Waals surface area (Å²) >= 11 is -0.442. The summed E-state index contributed by atoms with van der Waals surface area (Å²) in [7, 11) is 0. The van der Waals surface area contributed by atoms with Gasteiger partial charge in [0.1, 0.15) is 5.56 Å². The van der Waals surface area contributed by atoms with Crippen LogP contribution in [-0.4, -0.2) is 11.1 Å². The number of hydrogen-bond donors (Lipinski definition) is 1. The van der Waals surface area contributed by atoms with Gasteiger partial charge in [-0.1, -0.05) is 29.8 Å². The average Bonchev–Trinajstić information content (AvgIpc) is 2.33. The third-order valence-electron chi connectivity index (χ3n) is 2.62. The Kier molecular flexibility index (Phi) is 4.01. The second-order valence-electron chi connectivity index (χ2n) is 4.13. The molecule has 0 saturated carbocycles. The first-order valence-corrected chi connectivity index (χ1v) is 7.78. The molecular formula is C15H14IO2+. The molecule has 0 radical (unpaired) electrons. The van der Waals surface area contributed by atoms with E-state index in [4.69, 9.17) is 0 Å². The maximum atomic E-state index is 11.2. The minimum Gasteiger partial charge on any atom is -0.478 e. The van der Waals surface area contributed by atoms with E-state index in [1.165, 1.54) is 14.7 Å². The average molecular weight is 353 g/mol. The van der Waals surface area contributed by atoms with Gasteiger partial charge >= 0.3 is 27.2 Å². The Morgan fingerprint density at radius 2 is 1.78 bits per heavy atom. The molecule has 2 aromatic carbocycles. The highest BCUT2D eigenvalue weighted by molar-refractivity contribution is 5.87. The minimum atomic E-state index is -0.838. The van der Waals surface area contributed by atoms with Crippen LogP contribution in [0.15, 0.2) is 42.5 Å². The Morgan fingerprint density at radius 3 is 2.44 bits per heavy atom. The van der Waals surface area contributed by atoms with Gasteiger partial charge in [0.05, 0.1) is 0 Å². The fourth-order valence-corrected chi connectivity index (χ4v) is 4.38. The lowest BCUT2D eigenvalue weighted by molar-refractivity contribution is -0.598. The molecular weight excluding hydrogens is 339 g/mol. The van der Waals surface area contributed by atoms with Crippen LogP contribution >= 0.6 is 0 Å². The molecule has 0 atom stereocenters. The molecule has 0 aliphatic heterocycles. The lowest BCUT2D eigenvalue weighted by Gasteiger charge is -1.97. The van der Waals surface area contributed by atoms with Gasteiger partial charge in [0, 0.05) is 5.56 Å². The highest BCUT2D eigenvalue weighted by Crippen LogP contribution is 2.02. The number of aromatic carboxylic acids is 1. The molecule has 2 rings (SSSR count). The van der Waals surface area contributed by atoms with Crippen LogP contribution in [0.2, 0.25) is 0 Å². The molecule has 0 aliphatic carbocycles. The molecule has 0 saturated heterocycles. The molecule has 0 heterocycles. The monoisotopic (exact) mass is 353 g/mol. The first-order valence-electron chi connectivity index (χ1n) is 5.62. The van der Waals surface area contributed by atoms with Crippen molar-refractivity contribution in [2.45, 2.75) is 13.8 Å². The van der Waals surface area contributed by atoms with Crippen LogP contribution in [0.4, 0.5) is 0 Å². The molecule has 18 heavy (non-hydrogen) atoms. The molecule has 0 bridgehead atoms. The largest absolute Gasteiger partial charge is 0.478 e. The van der Waals surface area contributed by atoms with Gasteiger partial charge in [-0.05, 0) is 32.0 Å². The van der Waals surface area contributed by atoms with Crippen LogP contribution in [-0.2, 0) is 0 Å². The Balaban J connectivity index is 2.37. The van der Waals surface area contributed by atoms with Crippen molar-refractivity contribution >= 4 is 5.97 Å². The summed E-state index contributed by atoms with van der Waals surface area (Å²) in [6.45, 7) is 4.16. The Labute approximate surface area is 117 Å². The zero-order valence-corrected chi connectivity index (χ0v) is 12.4. The van der Waals surface area contributed by atoms with Crippen molar-refractivity contribution in [1.29, 1.82) is 0 Å². The van der Waals surface area contributed by atoms with Crippen LogP contribution in [0.25, 0.3) is 0 Å². The number of benzene rings is 2. The van der Waals surface area contributed by atoms with Gasteiger partial charge in [0.2, 0.25) is 3.57 Å². The second kappa shape index (κ2) is 5.52. The number of carbonyl (C=O) groups is 1. The first-order chi connectivity index (χ1) is 8.58. The van der Waals surface area contributed by atoms with Gasteiger partial charge in [0.25, 0.3) is 0 Å². The van der Waals surface area contributed by atoms with E-state index in [9.17, 15) is 9.90 Å². The summed E-state index contributed by atoms with van der Waals surface area (Å²) in [6.07, 6.45) is 0. The van der Waals surface area contributed by atoms with Gasteiger partial charge in [-0.2, -0.15) is 0 Å². The van der Waals surface area contributed by atoms with E-state index in [2.05, 4.69) is 32.0 Å². The predicted molar refractivity (Wildman–Crippen MR) is 66.7 cm³/mol. The smallest absolute Gasteiger partial charge is 0.359 e. The summed E-state index contributed by atoms with van der Waals surface area (Å²) in [5.74, 6) is -0.838. The third-order valence-corrected chi connectivity index (χ3v) is 5.93. The van der Waals surface area contributed by atoms with Gasteiger partial charge in [-0.25, -0.2) is 4.79 Å². The van der Waals surface area contributed by atoms with Gasteiger partial charge < -0.3 is 5.11 Å². The molecule has 92 valence electrons. The maximum Gasteiger partial charge on any atom is 0.359 e. The molecule has 0 amide bonds. The minimum absolute atomic E-state index is 0.435. The standard InChI is InChI=1S/C15H13IO2/c1-10-7-8-13(11(2)9-10)16-14-6-4-3-5-12(14)15(17)18/h3-9H,1-2H3/p+1. The fraction of sp³-hybridized carbons (Fsp3) is 0.133. The fourth-order valence-electron chi connectivity index (χ4n) is 1.73. The SMILES string of the molecule is Cc1ccc([I+]c2ccccc2C(=O)O)c(C)c1. The number of halogens is 1. The highest BCUT2D eigenvalue weighted by Gasteiger charge is 2.24. The van der Waals surface area contributed by atoms with Crippen LogP contribution in [0.5, 0.6) is 0 Å². The van der Waals surface area contributed by atoms with Crippen molar-refractivity contribution in [3.8, 4) is 0 Å². The summed E-state index contributed by atoms with van der Waals surface area (Å²) in [5.41, 5.74) is 2.93. The van der Waals surface area contributed by atoms with E-state index in [0.717, 1.165) is 3.57 Å². The Morgan fingerprint density at radius 1 is 1.06 bits per heavy atom. The van der Waals surface area contributed by atoms with Gasteiger partial charge in [-0.3, -0.25) is 0 Å². The van der Waals surface area contributed by atoms with Crippen molar-refractivity contribution in [2.75, 3.05) is 0 Å². The van der Waals surface area contributed by atoms with Crippen molar-refractivity contribution in [2.24, 2.45) is 0 Å². The van der Waals surface area contributed by atoms with E-state index in [-0.39, 0.29) is 0 Å². The van der Waals surface area contributed by atoms with Crippen LogP contribution < -0.4 is 21.2 Å². The number of carboxylic acid groups (broad SMARTS) is 1. The van der Waals surface area contributed by atoms with Crippen LogP contribution in [0.3, 0.4) is 0 Å². The quantitative estimate of drug-likeness (QED) is 0.797.